The van der Waals surface area contributed by atoms with Gasteiger partial charge in [0.2, 0.25) is 0 Å². The Balaban J connectivity index is 1.90. The van der Waals surface area contributed by atoms with Gasteiger partial charge in [-0.2, -0.15) is 0 Å². The fourth-order valence-electron chi connectivity index (χ4n) is 3.40. The van der Waals surface area contributed by atoms with Crippen molar-refractivity contribution in [2.45, 2.75) is 51.5 Å². The minimum absolute atomic E-state index is 0.103. The van der Waals surface area contributed by atoms with E-state index in [2.05, 4.69) is 25.8 Å². The molecular weight excluding hydrogens is 250 g/mol. The van der Waals surface area contributed by atoms with E-state index in [0.29, 0.717) is 23.3 Å². The number of hydrogen-bond donors (Lipinski definition) is 1. The zero-order valence-electron chi connectivity index (χ0n) is 12.5. The first-order valence-electron chi connectivity index (χ1n) is 7.43. The molecule has 2 unspecified atom stereocenters. The van der Waals surface area contributed by atoms with Crippen LogP contribution in [0.3, 0.4) is 0 Å². The average Bonchev–Trinajstić information content (AvgIpc) is 2.98. The van der Waals surface area contributed by atoms with E-state index in [1.165, 1.54) is 12.8 Å². The molecular formula is C16H23N3O. The van der Waals surface area contributed by atoms with Crippen molar-refractivity contribution in [3.05, 3.63) is 23.4 Å². The standard InChI is InChI=1S/C16H23N3O/c1-16(2,3)13-7-11(8-14(17)18-13)15(20)19-9-10-4-5-12(19)6-10/h7-8,10,12H,4-6,9H2,1-3H3,(H2,17,18). The molecule has 2 N–H and O–H groups in total. The largest absolute Gasteiger partial charge is 0.384 e. The van der Waals surface area contributed by atoms with Crippen LogP contribution in [0.25, 0.3) is 0 Å². The van der Waals surface area contributed by atoms with Crippen molar-refractivity contribution < 1.29 is 4.79 Å². The van der Waals surface area contributed by atoms with Crippen LogP contribution in [0.15, 0.2) is 12.1 Å². The topological polar surface area (TPSA) is 59.2 Å². The van der Waals surface area contributed by atoms with Crippen LogP contribution in [0.1, 0.15) is 56.1 Å². The van der Waals surface area contributed by atoms with Crippen LogP contribution in [-0.2, 0) is 5.41 Å². The van der Waals surface area contributed by atoms with Gasteiger partial charge < -0.3 is 10.6 Å². The molecule has 1 saturated carbocycles. The van der Waals surface area contributed by atoms with Crippen molar-refractivity contribution in [2.24, 2.45) is 5.92 Å². The van der Waals surface area contributed by atoms with Crippen molar-refractivity contribution in [3.63, 3.8) is 0 Å². The summed E-state index contributed by atoms with van der Waals surface area (Å²) in [7, 11) is 0. The van der Waals surface area contributed by atoms with E-state index in [1.807, 2.05) is 11.0 Å². The number of hydrogen-bond acceptors (Lipinski definition) is 3. The number of aromatic nitrogens is 1. The van der Waals surface area contributed by atoms with Gasteiger partial charge in [-0.25, -0.2) is 4.98 Å². The summed E-state index contributed by atoms with van der Waals surface area (Å²) in [5.74, 6) is 1.27. The fourth-order valence-corrected chi connectivity index (χ4v) is 3.40. The van der Waals surface area contributed by atoms with Crippen LogP contribution < -0.4 is 5.73 Å². The predicted molar refractivity (Wildman–Crippen MR) is 79.5 cm³/mol. The molecule has 2 heterocycles. The molecule has 2 aliphatic rings. The first-order valence-corrected chi connectivity index (χ1v) is 7.43. The van der Waals surface area contributed by atoms with Crippen molar-refractivity contribution in [3.8, 4) is 0 Å². The summed E-state index contributed by atoms with van der Waals surface area (Å²) in [6, 6.07) is 4.06. The Labute approximate surface area is 120 Å². The van der Waals surface area contributed by atoms with Gasteiger partial charge in [0.05, 0.1) is 0 Å². The fraction of sp³-hybridized carbons (Fsp3) is 0.625. The maximum absolute atomic E-state index is 12.7. The van der Waals surface area contributed by atoms with Gasteiger partial charge in [0, 0.05) is 29.3 Å². The smallest absolute Gasteiger partial charge is 0.254 e. The van der Waals surface area contributed by atoms with Crippen LogP contribution in [0, 0.1) is 5.92 Å². The summed E-state index contributed by atoms with van der Waals surface area (Å²) in [5.41, 5.74) is 7.35. The highest BCUT2D eigenvalue weighted by molar-refractivity contribution is 5.95. The SMILES string of the molecule is CC(C)(C)c1cc(C(=O)N2CC3CCC2C3)cc(N)n1. The first-order chi connectivity index (χ1) is 9.34. The van der Waals surface area contributed by atoms with E-state index in [0.717, 1.165) is 18.7 Å². The second kappa shape index (κ2) is 4.47. The van der Waals surface area contributed by atoms with Crippen LogP contribution >= 0.6 is 0 Å². The Morgan fingerprint density at radius 1 is 1.35 bits per heavy atom. The van der Waals surface area contributed by atoms with E-state index >= 15 is 0 Å². The average molecular weight is 273 g/mol. The maximum atomic E-state index is 12.7. The van der Waals surface area contributed by atoms with E-state index < -0.39 is 0 Å². The number of nitrogen functional groups attached to an aromatic ring is 1. The zero-order valence-corrected chi connectivity index (χ0v) is 12.5. The molecule has 1 aromatic heterocycles. The van der Waals surface area contributed by atoms with Gasteiger partial charge in [-0.15, -0.1) is 0 Å². The molecule has 1 aliphatic heterocycles. The number of carbonyl (C=O) groups is 1. The molecule has 1 aromatic rings. The van der Waals surface area contributed by atoms with Gasteiger partial charge in [-0.05, 0) is 37.3 Å². The Bertz CT molecular complexity index is 547. The van der Waals surface area contributed by atoms with Gasteiger partial charge in [0.1, 0.15) is 5.82 Å². The minimum atomic E-state index is -0.103. The number of rotatable bonds is 1. The maximum Gasteiger partial charge on any atom is 0.254 e. The number of carbonyl (C=O) groups excluding carboxylic acids is 1. The Kier molecular flexibility index (Phi) is 3.00. The molecule has 4 heteroatoms. The Morgan fingerprint density at radius 3 is 2.65 bits per heavy atom. The number of anilines is 1. The molecule has 4 nitrogen and oxygen atoms in total. The van der Waals surface area contributed by atoms with E-state index in [-0.39, 0.29) is 11.3 Å². The molecule has 20 heavy (non-hydrogen) atoms. The lowest BCUT2D eigenvalue weighted by Gasteiger charge is -2.27. The number of pyridine rings is 1. The number of nitrogens with two attached hydrogens (primary N) is 1. The van der Waals surface area contributed by atoms with Crippen molar-refractivity contribution in [1.29, 1.82) is 0 Å². The van der Waals surface area contributed by atoms with Crippen molar-refractivity contribution in [2.75, 3.05) is 12.3 Å². The third-order valence-corrected chi connectivity index (χ3v) is 4.53. The quantitative estimate of drug-likeness (QED) is 0.855. The van der Waals surface area contributed by atoms with Gasteiger partial charge in [0.15, 0.2) is 0 Å². The molecule has 2 fully saturated rings. The summed E-state index contributed by atoms with van der Waals surface area (Å²) in [6.07, 6.45) is 3.61. The predicted octanol–water partition coefficient (Wildman–Crippen LogP) is 2.59. The number of nitrogens with zero attached hydrogens (tertiary/aromatic N) is 2. The highest BCUT2D eigenvalue weighted by Crippen LogP contribution is 2.38. The van der Waals surface area contributed by atoms with E-state index in [4.69, 9.17) is 5.73 Å². The number of amides is 1. The van der Waals surface area contributed by atoms with Gasteiger partial charge >= 0.3 is 0 Å². The molecule has 0 radical (unpaired) electrons. The second-order valence-electron chi connectivity index (χ2n) is 7.21. The van der Waals surface area contributed by atoms with Gasteiger partial charge in [0.25, 0.3) is 5.91 Å². The monoisotopic (exact) mass is 273 g/mol. The Morgan fingerprint density at radius 2 is 2.10 bits per heavy atom. The minimum Gasteiger partial charge on any atom is -0.384 e. The third kappa shape index (κ3) is 2.28. The summed E-state index contributed by atoms with van der Waals surface area (Å²) in [4.78, 5) is 19.1. The summed E-state index contributed by atoms with van der Waals surface area (Å²) < 4.78 is 0. The highest BCUT2D eigenvalue weighted by Gasteiger charge is 2.40. The molecule has 1 amide bonds. The summed E-state index contributed by atoms with van der Waals surface area (Å²) in [6.45, 7) is 7.17. The lowest BCUT2D eigenvalue weighted by Crippen LogP contribution is -2.37. The van der Waals surface area contributed by atoms with Gasteiger partial charge in [-0.3, -0.25) is 4.79 Å². The number of piperidine rings is 1. The van der Waals surface area contributed by atoms with E-state index in [9.17, 15) is 4.79 Å². The highest BCUT2D eigenvalue weighted by atomic mass is 16.2. The van der Waals surface area contributed by atoms with Gasteiger partial charge in [-0.1, -0.05) is 20.8 Å². The van der Waals surface area contributed by atoms with E-state index in [1.54, 1.807) is 6.07 Å². The molecule has 0 spiro atoms. The summed E-state index contributed by atoms with van der Waals surface area (Å²) >= 11 is 0. The lowest BCUT2D eigenvalue weighted by molar-refractivity contribution is 0.0703. The molecule has 2 bridgehead atoms. The Hall–Kier alpha value is -1.58. The van der Waals surface area contributed by atoms with Crippen LogP contribution in [0.5, 0.6) is 0 Å². The first kappa shape index (κ1) is 13.4. The van der Waals surface area contributed by atoms with Crippen LogP contribution in [0.4, 0.5) is 5.82 Å². The van der Waals surface area contributed by atoms with Crippen LogP contribution in [-0.4, -0.2) is 28.4 Å². The number of likely N-dealkylation sites (tertiary alicyclic amines) is 1. The molecule has 108 valence electrons. The summed E-state index contributed by atoms with van der Waals surface area (Å²) in [5, 5.41) is 0. The molecule has 0 aromatic carbocycles. The zero-order chi connectivity index (χ0) is 14.5. The molecule has 3 rings (SSSR count). The van der Waals surface area contributed by atoms with Crippen molar-refractivity contribution >= 4 is 11.7 Å². The normalized spacial score (nSPS) is 25.2. The molecule has 2 atom stereocenters. The third-order valence-electron chi connectivity index (χ3n) is 4.53. The molecule has 1 aliphatic carbocycles. The van der Waals surface area contributed by atoms with Crippen LogP contribution in [0.2, 0.25) is 0 Å². The lowest BCUT2D eigenvalue weighted by atomic mass is 9.90. The number of fused-ring (bicyclic) bond motifs is 2. The second-order valence-corrected chi connectivity index (χ2v) is 7.21. The van der Waals surface area contributed by atoms with Crippen molar-refractivity contribution in [1.82, 2.24) is 9.88 Å². The molecule has 1 saturated heterocycles.